The van der Waals surface area contributed by atoms with Crippen LogP contribution >= 0.6 is 0 Å². The minimum atomic E-state index is -0.465. The number of anilines is 1. The third-order valence-electron chi connectivity index (χ3n) is 2.57. The van der Waals surface area contributed by atoms with Crippen molar-refractivity contribution in [3.63, 3.8) is 0 Å². The summed E-state index contributed by atoms with van der Waals surface area (Å²) < 4.78 is 13.3. The number of fused-ring (bicyclic) bond motifs is 1. The predicted octanol–water partition coefficient (Wildman–Crippen LogP) is 1.91. The van der Waals surface area contributed by atoms with Crippen LogP contribution in [0.1, 0.15) is 17.3 Å². The van der Waals surface area contributed by atoms with Gasteiger partial charge >= 0.3 is 0 Å². The van der Waals surface area contributed by atoms with Gasteiger partial charge in [0.15, 0.2) is 5.78 Å². The number of halogens is 1. The molecule has 4 nitrogen and oxygen atoms in total. The second-order valence-electron chi connectivity index (χ2n) is 3.74. The first-order valence-corrected chi connectivity index (χ1v) is 5.08. The molecule has 88 valence electrons. The van der Waals surface area contributed by atoms with E-state index in [1.165, 1.54) is 25.1 Å². The third kappa shape index (κ3) is 1.91. The summed E-state index contributed by atoms with van der Waals surface area (Å²) in [4.78, 5) is 25.4. The number of benzene rings is 1. The van der Waals surface area contributed by atoms with Crippen molar-refractivity contribution in [3.05, 3.63) is 39.9 Å². The molecule has 0 aliphatic rings. The summed E-state index contributed by atoms with van der Waals surface area (Å²) in [5.74, 6) is -0.771. The maximum atomic E-state index is 13.3. The maximum absolute atomic E-state index is 13.3. The van der Waals surface area contributed by atoms with Gasteiger partial charge in [0.25, 0.3) is 5.56 Å². The van der Waals surface area contributed by atoms with E-state index in [0.29, 0.717) is 16.6 Å². The summed E-state index contributed by atoms with van der Waals surface area (Å²) in [6, 6.07) is 3.96. The number of carbonyl (C=O) groups excluding carboxylic acids is 1. The van der Waals surface area contributed by atoms with Gasteiger partial charge < -0.3 is 10.3 Å². The average Bonchev–Trinajstić information content (AvgIpc) is 2.27. The number of rotatable bonds is 2. The number of pyridine rings is 1. The van der Waals surface area contributed by atoms with Crippen molar-refractivity contribution in [3.8, 4) is 0 Å². The van der Waals surface area contributed by atoms with E-state index in [4.69, 9.17) is 0 Å². The lowest BCUT2D eigenvalue weighted by molar-refractivity contribution is 0.101. The largest absolute Gasteiger partial charge is 0.386 e. The fourth-order valence-corrected chi connectivity index (χ4v) is 1.74. The minimum Gasteiger partial charge on any atom is -0.386 e. The number of hydrogen-bond acceptors (Lipinski definition) is 3. The molecule has 0 fully saturated rings. The molecule has 1 aromatic carbocycles. The first-order valence-electron chi connectivity index (χ1n) is 5.08. The average molecular weight is 234 g/mol. The van der Waals surface area contributed by atoms with E-state index in [2.05, 4.69) is 10.3 Å². The van der Waals surface area contributed by atoms with Crippen LogP contribution in [0.5, 0.6) is 0 Å². The molecule has 0 aliphatic heterocycles. The van der Waals surface area contributed by atoms with Crippen LogP contribution < -0.4 is 10.9 Å². The molecule has 0 saturated heterocycles. The summed E-state index contributed by atoms with van der Waals surface area (Å²) in [5, 5.41) is 3.28. The first kappa shape index (κ1) is 11.3. The number of Topliss-reactive ketones (excluding diaryl/α,β-unsaturated/α-hetero) is 1. The Morgan fingerprint density at radius 1 is 1.35 bits per heavy atom. The van der Waals surface area contributed by atoms with E-state index < -0.39 is 11.4 Å². The van der Waals surface area contributed by atoms with Crippen molar-refractivity contribution < 1.29 is 9.18 Å². The molecule has 1 aromatic heterocycles. The molecule has 2 rings (SSSR count). The molecule has 5 heteroatoms. The number of aromatic amines is 1. The van der Waals surface area contributed by atoms with Crippen molar-refractivity contribution in [2.75, 3.05) is 12.4 Å². The quantitative estimate of drug-likeness (QED) is 0.780. The second-order valence-corrected chi connectivity index (χ2v) is 3.74. The normalized spacial score (nSPS) is 10.5. The zero-order valence-electron chi connectivity index (χ0n) is 9.43. The predicted molar refractivity (Wildman–Crippen MR) is 64.1 cm³/mol. The Morgan fingerprint density at radius 2 is 2.06 bits per heavy atom. The van der Waals surface area contributed by atoms with Gasteiger partial charge in [-0.3, -0.25) is 9.59 Å². The van der Waals surface area contributed by atoms with E-state index >= 15 is 0 Å². The lowest BCUT2D eigenvalue weighted by atomic mass is 10.1. The number of carbonyl (C=O) groups is 1. The summed E-state index contributed by atoms with van der Waals surface area (Å²) in [6.45, 7) is 1.30. The molecule has 0 unspecified atom stereocenters. The van der Waals surface area contributed by atoms with Crippen LogP contribution in [0.25, 0.3) is 10.9 Å². The number of nitrogens with one attached hydrogen (secondary N) is 2. The zero-order chi connectivity index (χ0) is 12.6. The minimum absolute atomic E-state index is 0.0325. The SMILES string of the molecule is CNc1cc(F)cc2cc(C(C)=O)c(=O)[nH]c12. The lowest BCUT2D eigenvalue weighted by Gasteiger charge is -2.07. The second kappa shape index (κ2) is 4.01. The Hall–Kier alpha value is -2.17. The van der Waals surface area contributed by atoms with Crippen molar-refractivity contribution in [2.24, 2.45) is 0 Å². The van der Waals surface area contributed by atoms with Crippen molar-refractivity contribution >= 4 is 22.4 Å². The van der Waals surface area contributed by atoms with Crippen LogP contribution in [0.15, 0.2) is 23.0 Å². The fraction of sp³-hybridized carbons (Fsp3) is 0.167. The van der Waals surface area contributed by atoms with Gasteiger partial charge in [-0.25, -0.2) is 4.39 Å². The zero-order valence-corrected chi connectivity index (χ0v) is 9.43. The van der Waals surface area contributed by atoms with Crippen molar-refractivity contribution in [2.45, 2.75) is 6.92 Å². The van der Waals surface area contributed by atoms with Crippen LogP contribution in [-0.2, 0) is 0 Å². The van der Waals surface area contributed by atoms with Crippen molar-refractivity contribution in [1.29, 1.82) is 0 Å². The Morgan fingerprint density at radius 3 is 2.65 bits per heavy atom. The monoisotopic (exact) mass is 234 g/mol. The highest BCUT2D eigenvalue weighted by Crippen LogP contribution is 2.22. The fourth-order valence-electron chi connectivity index (χ4n) is 1.74. The maximum Gasteiger partial charge on any atom is 0.259 e. The van der Waals surface area contributed by atoms with Gasteiger partial charge in [0.2, 0.25) is 0 Å². The van der Waals surface area contributed by atoms with Gasteiger partial charge in [-0.2, -0.15) is 0 Å². The van der Waals surface area contributed by atoms with E-state index in [-0.39, 0.29) is 11.3 Å². The van der Waals surface area contributed by atoms with Gasteiger partial charge in [0.05, 0.1) is 16.8 Å². The third-order valence-corrected chi connectivity index (χ3v) is 2.57. The highest BCUT2D eigenvalue weighted by Gasteiger charge is 2.10. The molecule has 0 saturated carbocycles. The molecule has 2 N–H and O–H groups in total. The Labute approximate surface area is 96.5 Å². The van der Waals surface area contributed by atoms with Gasteiger partial charge in [-0.05, 0) is 25.1 Å². The molecule has 0 aliphatic carbocycles. The number of H-pyrrole nitrogens is 1. The Kier molecular flexibility index (Phi) is 2.67. The summed E-state index contributed by atoms with van der Waals surface area (Å²) >= 11 is 0. The molecule has 0 radical (unpaired) electrons. The van der Waals surface area contributed by atoms with E-state index in [9.17, 15) is 14.0 Å². The van der Waals surface area contributed by atoms with Gasteiger partial charge in [0.1, 0.15) is 5.82 Å². The van der Waals surface area contributed by atoms with E-state index in [1.54, 1.807) is 7.05 Å². The number of ketones is 1. The van der Waals surface area contributed by atoms with Crippen LogP contribution in [-0.4, -0.2) is 17.8 Å². The van der Waals surface area contributed by atoms with Gasteiger partial charge in [-0.15, -0.1) is 0 Å². The molecular weight excluding hydrogens is 223 g/mol. The smallest absolute Gasteiger partial charge is 0.259 e. The van der Waals surface area contributed by atoms with Crippen LogP contribution in [0.4, 0.5) is 10.1 Å². The van der Waals surface area contributed by atoms with Crippen molar-refractivity contribution in [1.82, 2.24) is 4.98 Å². The molecule has 1 heterocycles. The molecule has 2 aromatic rings. The Balaban J connectivity index is 2.87. The molecule has 0 amide bonds. The molecule has 0 atom stereocenters. The summed E-state index contributed by atoms with van der Waals surface area (Å²) in [5.41, 5.74) is 0.536. The number of hydrogen-bond donors (Lipinski definition) is 2. The topological polar surface area (TPSA) is 62.0 Å². The highest BCUT2D eigenvalue weighted by atomic mass is 19.1. The summed E-state index contributed by atoms with van der Waals surface area (Å²) in [6.07, 6.45) is 0. The van der Waals surface area contributed by atoms with E-state index in [0.717, 1.165) is 0 Å². The number of aromatic nitrogens is 1. The van der Waals surface area contributed by atoms with Gasteiger partial charge in [-0.1, -0.05) is 0 Å². The summed E-state index contributed by atoms with van der Waals surface area (Å²) in [7, 11) is 1.63. The lowest BCUT2D eigenvalue weighted by Crippen LogP contribution is -2.16. The van der Waals surface area contributed by atoms with Gasteiger partial charge in [0, 0.05) is 12.4 Å². The standard InChI is InChI=1S/C12H11FN2O2/c1-6(16)9-4-7-3-8(13)5-10(14-2)11(7)15-12(9)17/h3-5,14H,1-2H3,(H,15,17). The van der Waals surface area contributed by atoms with Crippen LogP contribution in [0.3, 0.4) is 0 Å². The molecule has 0 bridgehead atoms. The molecular formula is C12H11FN2O2. The molecule has 0 spiro atoms. The van der Waals surface area contributed by atoms with Crippen LogP contribution in [0.2, 0.25) is 0 Å². The highest BCUT2D eigenvalue weighted by molar-refractivity contribution is 5.99. The van der Waals surface area contributed by atoms with E-state index in [1.807, 2.05) is 0 Å². The van der Waals surface area contributed by atoms with Crippen LogP contribution in [0, 0.1) is 5.82 Å². The molecule has 17 heavy (non-hydrogen) atoms. The Bertz CT molecular complexity index is 661. The first-order chi connectivity index (χ1) is 8.02.